The van der Waals surface area contributed by atoms with Crippen LogP contribution in [0.2, 0.25) is 0 Å². The molecule has 0 radical (unpaired) electrons. The van der Waals surface area contributed by atoms with Gasteiger partial charge < -0.3 is 25.7 Å². The molecule has 0 amide bonds. The minimum Gasteiger partial charge on any atom is -0.412 e. The van der Waals surface area contributed by atoms with Crippen molar-refractivity contribution in [2.75, 3.05) is 11.9 Å². The molecule has 4 rings (SSSR count). The highest BCUT2D eigenvalue weighted by Crippen LogP contribution is 2.30. The largest absolute Gasteiger partial charge is 0.412 e. The first-order chi connectivity index (χ1) is 13.7. The number of unbranched alkanes of at least 4 members (excludes halogenated alkanes) is 1. The topological polar surface area (TPSA) is 137 Å². The fourth-order valence-corrected chi connectivity index (χ4v) is 3.41. The molecular formula is C20H27N5O4. The second-order valence-corrected chi connectivity index (χ2v) is 7.09. The number of nitrogens with one attached hydrogen (secondary N) is 1. The molecule has 0 saturated carbocycles. The van der Waals surface area contributed by atoms with Gasteiger partial charge in [0.2, 0.25) is 5.95 Å². The Kier molecular flexibility index (Phi) is 6.75. The van der Waals surface area contributed by atoms with Crippen molar-refractivity contribution in [2.45, 2.75) is 51.0 Å². The predicted molar refractivity (Wildman–Crippen MR) is 109 cm³/mol. The number of hydrogen-bond donors (Lipinski definition) is 3. The Morgan fingerprint density at radius 3 is 2.72 bits per heavy atom. The van der Waals surface area contributed by atoms with Gasteiger partial charge in [-0.3, -0.25) is 4.57 Å². The third kappa shape index (κ3) is 4.54. The number of anilines is 2. The number of aromatic nitrogens is 4. The average Bonchev–Trinajstić information content (AvgIpc) is 3.30. The molecule has 0 spiro atoms. The molecule has 5 N–H and O–H groups in total. The molecule has 0 unspecified atom stereocenters. The van der Waals surface area contributed by atoms with E-state index in [9.17, 15) is 10.2 Å². The molecule has 3 atom stereocenters. The Balaban J connectivity index is 0.00000240. The molecule has 2 aromatic heterocycles. The van der Waals surface area contributed by atoms with Crippen LogP contribution in [-0.2, 0) is 11.2 Å². The van der Waals surface area contributed by atoms with Crippen LogP contribution >= 0.6 is 0 Å². The Bertz CT molecular complexity index is 930. The fourth-order valence-electron chi connectivity index (χ4n) is 3.41. The van der Waals surface area contributed by atoms with Crippen LogP contribution < -0.4 is 5.32 Å². The first kappa shape index (κ1) is 21.1. The molecular weight excluding hydrogens is 374 g/mol. The number of ether oxygens (including phenoxy) is 1. The molecule has 1 fully saturated rings. The number of aliphatic hydroxyl groups excluding tert-OH is 2. The molecule has 9 nitrogen and oxygen atoms in total. The van der Waals surface area contributed by atoms with Gasteiger partial charge in [0.25, 0.3) is 0 Å². The van der Waals surface area contributed by atoms with Crippen molar-refractivity contribution >= 4 is 22.8 Å². The SMILES string of the molecule is CCCCc1ccc(Nc2ncc3ncn([C@@H]4C[C@H](O)[C@@H](CO)O4)c3n2)cc1.O. The molecule has 0 bridgehead atoms. The summed E-state index contributed by atoms with van der Waals surface area (Å²) >= 11 is 0. The van der Waals surface area contributed by atoms with Gasteiger partial charge in [-0.1, -0.05) is 25.5 Å². The number of imidazole rings is 1. The zero-order valence-corrected chi connectivity index (χ0v) is 16.3. The second kappa shape index (κ2) is 9.27. The molecule has 156 valence electrons. The van der Waals surface area contributed by atoms with E-state index < -0.39 is 18.4 Å². The van der Waals surface area contributed by atoms with Gasteiger partial charge in [0.05, 0.1) is 25.2 Å². The van der Waals surface area contributed by atoms with Gasteiger partial charge in [0.15, 0.2) is 5.65 Å². The van der Waals surface area contributed by atoms with E-state index in [0.717, 1.165) is 12.1 Å². The molecule has 9 heteroatoms. The summed E-state index contributed by atoms with van der Waals surface area (Å²) in [6.45, 7) is 1.97. The lowest BCUT2D eigenvalue weighted by molar-refractivity contribution is -0.0432. The maximum atomic E-state index is 9.99. The van der Waals surface area contributed by atoms with E-state index in [1.54, 1.807) is 17.1 Å². The molecule has 29 heavy (non-hydrogen) atoms. The van der Waals surface area contributed by atoms with E-state index >= 15 is 0 Å². The van der Waals surface area contributed by atoms with Gasteiger partial charge in [-0.2, -0.15) is 4.98 Å². The molecule has 1 aromatic carbocycles. The summed E-state index contributed by atoms with van der Waals surface area (Å²) in [4.78, 5) is 13.2. The number of nitrogens with zero attached hydrogens (tertiary/aromatic N) is 4. The van der Waals surface area contributed by atoms with Crippen LogP contribution in [0.25, 0.3) is 11.2 Å². The van der Waals surface area contributed by atoms with Gasteiger partial charge in [-0.05, 0) is 30.5 Å². The van der Waals surface area contributed by atoms with Crippen molar-refractivity contribution in [1.29, 1.82) is 0 Å². The van der Waals surface area contributed by atoms with E-state index in [1.165, 1.54) is 18.4 Å². The molecule has 1 aliphatic heterocycles. The Labute approximate surface area is 168 Å². The summed E-state index contributed by atoms with van der Waals surface area (Å²) in [6.07, 6.45) is 5.40. The van der Waals surface area contributed by atoms with Crippen LogP contribution in [-0.4, -0.2) is 54.0 Å². The number of rotatable bonds is 7. The van der Waals surface area contributed by atoms with Gasteiger partial charge in [-0.25, -0.2) is 9.97 Å². The van der Waals surface area contributed by atoms with Crippen LogP contribution in [0.5, 0.6) is 0 Å². The van der Waals surface area contributed by atoms with Crippen LogP contribution in [0, 0.1) is 0 Å². The third-order valence-corrected chi connectivity index (χ3v) is 5.04. The molecule has 0 aliphatic carbocycles. The Morgan fingerprint density at radius 2 is 2.03 bits per heavy atom. The molecule has 1 aliphatic rings. The lowest BCUT2D eigenvalue weighted by atomic mass is 10.1. The maximum absolute atomic E-state index is 9.99. The van der Waals surface area contributed by atoms with Crippen LogP contribution in [0.3, 0.4) is 0 Å². The standard InChI is InChI=1S/C20H25N5O3.H2O/c1-2-3-4-13-5-7-14(8-6-13)23-20-21-10-15-19(24-20)25(12-22-15)18-9-16(27)17(11-26)28-18;/h5-8,10,12,16-18,26-27H,2-4,9,11H2,1H3,(H,21,23,24);1H2/t16-,17+,18-;/m0./s1. The lowest BCUT2D eigenvalue weighted by Crippen LogP contribution is -2.24. The average molecular weight is 401 g/mol. The van der Waals surface area contributed by atoms with Gasteiger partial charge in [0, 0.05) is 12.1 Å². The van der Waals surface area contributed by atoms with E-state index in [0.29, 0.717) is 23.5 Å². The van der Waals surface area contributed by atoms with Crippen LogP contribution in [0.1, 0.15) is 38.0 Å². The quantitative estimate of drug-likeness (QED) is 0.548. The molecule has 3 heterocycles. The number of aryl methyl sites for hydroxylation is 1. The predicted octanol–water partition coefficient (Wildman–Crippen LogP) is 1.73. The highest BCUT2D eigenvalue weighted by Gasteiger charge is 2.35. The zero-order valence-electron chi connectivity index (χ0n) is 16.3. The van der Waals surface area contributed by atoms with E-state index in [4.69, 9.17) is 4.74 Å². The number of benzene rings is 1. The van der Waals surface area contributed by atoms with Crippen molar-refractivity contribution < 1.29 is 20.4 Å². The molecule has 1 saturated heterocycles. The minimum absolute atomic E-state index is 0. The number of aliphatic hydroxyl groups is 2. The minimum atomic E-state index is -0.710. The van der Waals surface area contributed by atoms with Gasteiger partial charge >= 0.3 is 0 Å². The normalized spacial score (nSPS) is 21.3. The lowest BCUT2D eigenvalue weighted by Gasteiger charge is -2.14. The highest BCUT2D eigenvalue weighted by molar-refractivity contribution is 5.72. The van der Waals surface area contributed by atoms with Crippen molar-refractivity contribution in [3.63, 3.8) is 0 Å². The van der Waals surface area contributed by atoms with E-state index in [2.05, 4.69) is 39.3 Å². The highest BCUT2D eigenvalue weighted by atomic mass is 16.5. The zero-order chi connectivity index (χ0) is 19.5. The first-order valence-corrected chi connectivity index (χ1v) is 9.68. The summed E-state index contributed by atoms with van der Waals surface area (Å²) in [5, 5.41) is 22.5. The Morgan fingerprint density at radius 1 is 1.24 bits per heavy atom. The summed E-state index contributed by atoms with van der Waals surface area (Å²) < 4.78 is 7.49. The number of fused-ring (bicyclic) bond motifs is 1. The third-order valence-electron chi connectivity index (χ3n) is 5.04. The molecule has 3 aromatic rings. The first-order valence-electron chi connectivity index (χ1n) is 9.68. The van der Waals surface area contributed by atoms with Crippen molar-refractivity contribution in [3.05, 3.63) is 42.4 Å². The summed E-state index contributed by atoms with van der Waals surface area (Å²) in [6, 6.07) is 8.28. The van der Waals surface area contributed by atoms with Crippen molar-refractivity contribution in [1.82, 2.24) is 19.5 Å². The Hall–Kier alpha value is -2.59. The van der Waals surface area contributed by atoms with E-state index in [1.807, 2.05) is 12.1 Å². The van der Waals surface area contributed by atoms with E-state index in [-0.39, 0.29) is 12.1 Å². The van der Waals surface area contributed by atoms with Crippen LogP contribution in [0.4, 0.5) is 11.6 Å². The van der Waals surface area contributed by atoms with Gasteiger partial charge in [-0.15, -0.1) is 0 Å². The maximum Gasteiger partial charge on any atom is 0.229 e. The monoisotopic (exact) mass is 401 g/mol. The summed E-state index contributed by atoms with van der Waals surface area (Å²) in [5.41, 5.74) is 3.50. The van der Waals surface area contributed by atoms with Gasteiger partial charge in [0.1, 0.15) is 17.8 Å². The van der Waals surface area contributed by atoms with Crippen molar-refractivity contribution in [2.24, 2.45) is 0 Å². The fraction of sp³-hybridized carbons (Fsp3) is 0.450. The summed E-state index contributed by atoms with van der Waals surface area (Å²) in [5.74, 6) is 0.466. The van der Waals surface area contributed by atoms with Crippen molar-refractivity contribution in [3.8, 4) is 0 Å². The smallest absolute Gasteiger partial charge is 0.229 e. The van der Waals surface area contributed by atoms with Crippen LogP contribution in [0.15, 0.2) is 36.8 Å². The second-order valence-electron chi connectivity index (χ2n) is 7.09. The summed E-state index contributed by atoms with van der Waals surface area (Å²) in [7, 11) is 0. The number of hydrogen-bond acceptors (Lipinski definition) is 7.